The van der Waals surface area contributed by atoms with Gasteiger partial charge in [0.2, 0.25) is 5.91 Å². The molecule has 0 saturated heterocycles. The van der Waals surface area contributed by atoms with Gasteiger partial charge in [-0.3, -0.25) is 9.36 Å². The minimum absolute atomic E-state index is 0.00939. The van der Waals surface area contributed by atoms with Crippen LogP contribution in [0.1, 0.15) is 200 Å². The second-order valence-electron chi connectivity index (χ2n) is 17.8. The molecule has 2 N–H and O–H groups in total. The van der Waals surface area contributed by atoms with Gasteiger partial charge < -0.3 is 28.8 Å². The molecule has 0 saturated carbocycles. The summed E-state index contributed by atoms with van der Waals surface area (Å²) < 4.78 is 23.2. The number of carbonyl (C=O) groups is 1. The Bertz CT molecular complexity index is 1220. The zero-order valence-electron chi connectivity index (χ0n) is 40.1. The first-order valence-corrected chi connectivity index (χ1v) is 26.3. The Hall–Kier alpha value is -2.06. The van der Waals surface area contributed by atoms with Crippen LogP contribution in [0.15, 0.2) is 72.9 Å². The lowest BCUT2D eigenvalue weighted by Gasteiger charge is -2.29. The first-order chi connectivity index (χ1) is 29.5. The van der Waals surface area contributed by atoms with Crippen molar-refractivity contribution in [3.8, 4) is 0 Å². The predicted molar refractivity (Wildman–Crippen MR) is 260 cm³/mol. The number of phosphoric acid groups is 1. The summed E-state index contributed by atoms with van der Waals surface area (Å²) in [6, 6.07) is -0.906. The highest BCUT2D eigenvalue weighted by atomic mass is 31.2. The predicted octanol–water partition coefficient (Wildman–Crippen LogP) is 13.7. The van der Waals surface area contributed by atoms with Crippen molar-refractivity contribution in [1.82, 2.24) is 5.32 Å². The van der Waals surface area contributed by atoms with Crippen molar-refractivity contribution in [2.24, 2.45) is 0 Å². The molecule has 0 bridgehead atoms. The van der Waals surface area contributed by atoms with Crippen molar-refractivity contribution in [3.63, 3.8) is 0 Å². The number of unbranched alkanes of at least 4 members (excludes halogenated alkanes) is 21. The van der Waals surface area contributed by atoms with Gasteiger partial charge in [-0.1, -0.05) is 196 Å². The van der Waals surface area contributed by atoms with Crippen molar-refractivity contribution in [3.05, 3.63) is 72.9 Å². The molecule has 0 aliphatic rings. The summed E-state index contributed by atoms with van der Waals surface area (Å²) in [5.74, 6) is -0.213. The van der Waals surface area contributed by atoms with Gasteiger partial charge >= 0.3 is 0 Å². The second-order valence-corrected chi connectivity index (χ2v) is 19.2. The van der Waals surface area contributed by atoms with E-state index in [1.165, 1.54) is 116 Å². The molecule has 8 nitrogen and oxygen atoms in total. The minimum Gasteiger partial charge on any atom is -0.756 e. The molecule has 0 aliphatic heterocycles. The van der Waals surface area contributed by atoms with Gasteiger partial charge in [-0.15, -0.1) is 0 Å². The van der Waals surface area contributed by atoms with Crippen LogP contribution >= 0.6 is 7.82 Å². The molecule has 0 aromatic heterocycles. The van der Waals surface area contributed by atoms with Crippen LogP contribution in [-0.4, -0.2) is 68.5 Å². The molecule has 9 heteroatoms. The van der Waals surface area contributed by atoms with Crippen molar-refractivity contribution in [2.45, 2.75) is 212 Å². The van der Waals surface area contributed by atoms with Crippen molar-refractivity contribution < 1.29 is 32.9 Å². The van der Waals surface area contributed by atoms with Crippen LogP contribution in [0, 0.1) is 0 Å². The van der Waals surface area contributed by atoms with E-state index in [0.29, 0.717) is 17.4 Å². The summed E-state index contributed by atoms with van der Waals surface area (Å²) in [6.07, 6.45) is 58.2. The van der Waals surface area contributed by atoms with Gasteiger partial charge in [0.15, 0.2) is 0 Å². The van der Waals surface area contributed by atoms with Gasteiger partial charge in [0, 0.05) is 6.42 Å². The molecular formula is C52H95N2O6P. The third-order valence-corrected chi connectivity index (χ3v) is 11.6. The van der Waals surface area contributed by atoms with Gasteiger partial charge in [-0.25, -0.2) is 0 Å². The summed E-state index contributed by atoms with van der Waals surface area (Å²) in [5, 5.41) is 13.8. The van der Waals surface area contributed by atoms with Gasteiger partial charge in [-0.2, -0.15) is 0 Å². The van der Waals surface area contributed by atoms with Crippen LogP contribution in [0.5, 0.6) is 0 Å². The molecule has 0 heterocycles. The van der Waals surface area contributed by atoms with Crippen molar-refractivity contribution >= 4 is 13.7 Å². The Morgan fingerprint density at radius 3 is 1.52 bits per heavy atom. The van der Waals surface area contributed by atoms with E-state index in [9.17, 15) is 19.4 Å². The van der Waals surface area contributed by atoms with E-state index < -0.39 is 26.6 Å². The van der Waals surface area contributed by atoms with Crippen LogP contribution in [0.2, 0.25) is 0 Å². The SMILES string of the molecule is CC/C=C\C/C=C\C/C=C\C/C=C\CCCCCCCCCCCCCCC(=O)NC(COP(=O)([O-])OCC[N+](C)(C)C)C(O)/C=C/CC/C=C/CCCCCCCCCC. The van der Waals surface area contributed by atoms with E-state index in [1.807, 2.05) is 27.2 Å². The molecular weight excluding hydrogens is 780 g/mol. The maximum atomic E-state index is 12.9. The lowest BCUT2D eigenvalue weighted by molar-refractivity contribution is -0.870. The third kappa shape index (κ3) is 45.8. The van der Waals surface area contributed by atoms with E-state index in [4.69, 9.17) is 9.05 Å². The average molecular weight is 875 g/mol. The average Bonchev–Trinajstić information content (AvgIpc) is 3.21. The van der Waals surface area contributed by atoms with Gasteiger partial charge in [-0.05, 0) is 70.6 Å². The molecule has 0 fully saturated rings. The molecule has 3 unspecified atom stereocenters. The van der Waals surface area contributed by atoms with Crippen molar-refractivity contribution in [1.29, 1.82) is 0 Å². The maximum Gasteiger partial charge on any atom is 0.268 e. The number of allylic oxidation sites excluding steroid dienone is 11. The van der Waals surface area contributed by atoms with Crippen LogP contribution in [-0.2, 0) is 18.4 Å². The molecule has 0 spiro atoms. The minimum atomic E-state index is -4.60. The van der Waals surface area contributed by atoms with E-state index in [2.05, 4.69) is 79.9 Å². The Morgan fingerprint density at radius 2 is 1.02 bits per heavy atom. The number of quaternary nitrogens is 1. The normalized spacial score (nSPS) is 14.8. The fraction of sp³-hybridized carbons (Fsp3) is 0.750. The molecule has 0 aromatic rings. The third-order valence-electron chi connectivity index (χ3n) is 10.7. The second kappa shape index (κ2) is 43.2. The van der Waals surface area contributed by atoms with Crippen molar-refractivity contribution in [2.75, 3.05) is 40.9 Å². The fourth-order valence-electron chi connectivity index (χ4n) is 6.75. The Labute approximate surface area is 376 Å². The van der Waals surface area contributed by atoms with Crippen LogP contribution in [0.4, 0.5) is 0 Å². The molecule has 354 valence electrons. The number of hydrogen-bond donors (Lipinski definition) is 2. The number of phosphoric ester groups is 1. The number of carbonyl (C=O) groups excluding carboxylic acids is 1. The molecule has 1 amide bonds. The summed E-state index contributed by atoms with van der Waals surface area (Å²) in [6.45, 7) is 4.50. The smallest absolute Gasteiger partial charge is 0.268 e. The largest absolute Gasteiger partial charge is 0.756 e. The quantitative estimate of drug-likeness (QED) is 0.0273. The van der Waals surface area contributed by atoms with Gasteiger partial charge in [0.1, 0.15) is 13.2 Å². The summed E-state index contributed by atoms with van der Waals surface area (Å²) >= 11 is 0. The number of likely N-dealkylation sites (N-methyl/N-ethyl adjacent to an activating group) is 1. The number of hydrogen-bond acceptors (Lipinski definition) is 6. The zero-order chi connectivity index (χ0) is 45.0. The molecule has 0 aromatic carbocycles. The molecule has 0 rings (SSSR count). The number of nitrogens with zero attached hydrogens (tertiary/aromatic N) is 1. The monoisotopic (exact) mass is 875 g/mol. The van der Waals surface area contributed by atoms with Gasteiger partial charge in [0.25, 0.3) is 7.82 Å². The first kappa shape index (κ1) is 58.9. The summed E-state index contributed by atoms with van der Waals surface area (Å²) in [7, 11) is 1.23. The lowest BCUT2D eigenvalue weighted by Crippen LogP contribution is -2.45. The van der Waals surface area contributed by atoms with E-state index >= 15 is 0 Å². The molecule has 3 atom stereocenters. The number of amides is 1. The zero-order valence-corrected chi connectivity index (χ0v) is 41.0. The fourth-order valence-corrected chi connectivity index (χ4v) is 7.47. The van der Waals surface area contributed by atoms with Crippen LogP contribution in [0.3, 0.4) is 0 Å². The topological polar surface area (TPSA) is 108 Å². The number of nitrogens with one attached hydrogen (secondary N) is 1. The highest BCUT2D eigenvalue weighted by molar-refractivity contribution is 7.45. The number of aliphatic hydroxyl groups is 1. The summed E-state index contributed by atoms with van der Waals surface area (Å²) in [4.78, 5) is 25.4. The number of rotatable bonds is 44. The molecule has 61 heavy (non-hydrogen) atoms. The van der Waals surface area contributed by atoms with E-state index in [1.54, 1.807) is 6.08 Å². The Kier molecular flexibility index (Phi) is 41.7. The Balaban J connectivity index is 4.29. The lowest BCUT2D eigenvalue weighted by atomic mass is 10.0. The first-order valence-electron chi connectivity index (χ1n) is 24.8. The van der Waals surface area contributed by atoms with Crippen LogP contribution in [0.25, 0.3) is 0 Å². The number of aliphatic hydroxyl groups excluding tert-OH is 1. The highest BCUT2D eigenvalue weighted by Gasteiger charge is 2.23. The van der Waals surface area contributed by atoms with Gasteiger partial charge in [0.05, 0.1) is 39.9 Å². The molecule has 0 radical (unpaired) electrons. The highest BCUT2D eigenvalue weighted by Crippen LogP contribution is 2.38. The van der Waals surface area contributed by atoms with Crippen LogP contribution < -0.4 is 10.2 Å². The maximum absolute atomic E-state index is 12.9. The standard InChI is InChI=1S/C52H95N2O6P/c1-6-8-10-12-14-16-18-20-22-23-24-25-26-27-28-29-30-31-32-34-36-38-40-42-44-46-52(56)53-50(49-60-61(57,58)59-48-47-54(3,4)5)51(55)45-43-41-39-37-35-33-21-19-17-15-13-11-9-7-2/h8,10,14,16,20,22,24-25,35,37,43,45,50-51,55H,6-7,9,11-13,15,17-19,21,23,26-34,36,38-42,44,46-49H2,1-5H3,(H-,53,56,57,58)/b10-8-,16-14-,22-20-,25-24-,37-35+,45-43+. The summed E-state index contributed by atoms with van der Waals surface area (Å²) in [5.41, 5.74) is 0. The van der Waals surface area contributed by atoms with E-state index in [0.717, 1.165) is 64.2 Å². The Morgan fingerprint density at radius 1 is 0.590 bits per heavy atom. The van der Waals surface area contributed by atoms with E-state index in [-0.39, 0.29) is 12.5 Å². The molecule has 0 aliphatic carbocycles.